The fourth-order valence-electron chi connectivity index (χ4n) is 2.40. The number of hydrogen-bond acceptors (Lipinski definition) is 4. The highest BCUT2D eigenvalue weighted by atomic mass is 79.9. The molecule has 0 saturated carbocycles. The summed E-state index contributed by atoms with van der Waals surface area (Å²) in [6.45, 7) is 0.514. The predicted octanol–water partition coefficient (Wildman–Crippen LogP) is 2.38. The number of aryl methyl sites for hydroxylation is 1. The van der Waals surface area contributed by atoms with E-state index in [2.05, 4.69) is 31.4 Å². The van der Waals surface area contributed by atoms with E-state index in [1.54, 1.807) is 29.1 Å². The number of hydrogen-bond donors (Lipinski definition) is 2. The first-order valence-electron chi connectivity index (χ1n) is 7.27. The van der Waals surface area contributed by atoms with E-state index in [0.717, 1.165) is 10.0 Å². The molecule has 0 fully saturated rings. The second kappa shape index (κ2) is 6.89. The van der Waals surface area contributed by atoms with Crippen LogP contribution < -0.4 is 5.32 Å². The van der Waals surface area contributed by atoms with Crippen LogP contribution in [0.3, 0.4) is 0 Å². The molecule has 0 radical (unpaired) electrons. The lowest BCUT2D eigenvalue weighted by atomic mass is 10.1. The van der Waals surface area contributed by atoms with E-state index in [0.29, 0.717) is 12.1 Å². The van der Waals surface area contributed by atoms with Gasteiger partial charge < -0.3 is 10.4 Å². The zero-order valence-electron chi connectivity index (χ0n) is 13.2. The molecule has 0 atom stereocenters. The lowest BCUT2D eigenvalue weighted by Crippen LogP contribution is -2.16. The second-order valence-corrected chi connectivity index (χ2v) is 6.26. The van der Waals surface area contributed by atoms with Crippen LogP contribution in [0.5, 0.6) is 0 Å². The molecule has 1 aromatic carbocycles. The molecule has 0 spiro atoms. The summed E-state index contributed by atoms with van der Waals surface area (Å²) >= 11 is 3.34. The summed E-state index contributed by atoms with van der Waals surface area (Å²) in [7, 11) is 1.50. The Bertz CT molecular complexity index is 947. The molecule has 9 heteroatoms. The summed E-state index contributed by atoms with van der Waals surface area (Å²) in [6, 6.07) is 7.06. The van der Waals surface area contributed by atoms with Crippen molar-refractivity contribution in [2.45, 2.75) is 6.54 Å². The fraction of sp³-hybridized carbons (Fsp3) is 0.125. The average Bonchev–Trinajstić information content (AvgIpc) is 3.13. The topological polar surface area (TPSA) is 102 Å². The molecule has 0 aliphatic carbocycles. The molecule has 2 N–H and O–H groups in total. The summed E-state index contributed by atoms with van der Waals surface area (Å²) < 4.78 is 3.81. The molecule has 0 aliphatic heterocycles. The number of aromatic nitrogens is 4. The molecule has 2 heterocycles. The fourth-order valence-corrected chi connectivity index (χ4v) is 2.73. The number of halogens is 1. The Morgan fingerprint density at radius 1 is 1.28 bits per heavy atom. The summed E-state index contributed by atoms with van der Waals surface area (Å²) in [5.41, 5.74) is 1.39. The number of nitrogens with one attached hydrogen (secondary N) is 1. The minimum Gasteiger partial charge on any atom is -0.476 e. The predicted molar refractivity (Wildman–Crippen MR) is 93.6 cm³/mol. The van der Waals surface area contributed by atoms with Crippen LogP contribution in [0.4, 0.5) is 5.69 Å². The number of rotatable bonds is 5. The molecular formula is C16H14BrN5O3. The van der Waals surface area contributed by atoms with E-state index in [-0.39, 0.29) is 11.4 Å². The number of amides is 1. The number of benzene rings is 1. The van der Waals surface area contributed by atoms with Gasteiger partial charge >= 0.3 is 5.97 Å². The monoisotopic (exact) mass is 403 g/mol. The molecule has 0 unspecified atom stereocenters. The molecule has 0 aliphatic rings. The standard InChI is InChI=1S/C16H14BrN5O3/c1-21-14(16(24)25)13(7-18-21)20-15(23)11-4-2-3-10(5-11)8-22-9-12(17)6-19-22/h2-7,9H,8H2,1H3,(H,20,23)(H,24,25). The lowest BCUT2D eigenvalue weighted by Gasteiger charge is -2.07. The van der Waals surface area contributed by atoms with Crippen LogP contribution in [-0.4, -0.2) is 36.5 Å². The van der Waals surface area contributed by atoms with Crippen molar-refractivity contribution in [3.05, 3.63) is 64.1 Å². The maximum Gasteiger partial charge on any atom is 0.356 e. The Morgan fingerprint density at radius 3 is 2.76 bits per heavy atom. The van der Waals surface area contributed by atoms with E-state index in [4.69, 9.17) is 0 Å². The van der Waals surface area contributed by atoms with E-state index in [1.165, 1.54) is 17.9 Å². The van der Waals surface area contributed by atoms with Crippen LogP contribution in [0, 0.1) is 0 Å². The Kier molecular flexibility index (Phi) is 4.66. The minimum absolute atomic E-state index is 0.0779. The molecule has 3 rings (SSSR count). The van der Waals surface area contributed by atoms with Gasteiger partial charge in [-0.25, -0.2) is 4.79 Å². The molecule has 0 bridgehead atoms. The van der Waals surface area contributed by atoms with Crippen LogP contribution in [0.15, 0.2) is 47.3 Å². The van der Waals surface area contributed by atoms with Crippen LogP contribution in [0.1, 0.15) is 26.4 Å². The lowest BCUT2D eigenvalue weighted by molar-refractivity contribution is 0.0686. The van der Waals surface area contributed by atoms with Crippen molar-refractivity contribution >= 4 is 33.5 Å². The van der Waals surface area contributed by atoms with E-state index < -0.39 is 11.9 Å². The highest BCUT2D eigenvalue weighted by molar-refractivity contribution is 9.10. The van der Waals surface area contributed by atoms with Crippen molar-refractivity contribution in [1.29, 1.82) is 0 Å². The molecule has 128 valence electrons. The van der Waals surface area contributed by atoms with Crippen LogP contribution in [-0.2, 0) is 13.6 Å². The van der Waals surface area contributed by atoms with Gasteiger partial charge in [0, 0.05) is 18.8 Å². The van der Waals surface area contributed by atoms with E-state index in [9.17, 15) is 14.7 Å². The van der Waals surface area contributed by atoms with Crippen molar-refractivity contribution in [3.8, 4) is 0 Å². The third-order valence-corrected chi connectivity index (χ3v) is 3.93. The molecule has 0 saturated heterocycles. The summed E-state index contributed by atoms with van der Waals surface area (Å²) in [5.74, 6) is -1.56. The van der Waals surface area contributed by atoms with Crippen LogP contribution in [0.25, 0.3) is 0 Å². The number of carboxylic acids is 1. The molecule has 8 nitrogen and oxygen atoms in total. The number of carboxylic acid groups (broad SMARTS) is 1. The van der Waals surface area contributed by atoms with Gasteiger partial charge in [0.15, 0.2) is 5.69 Å². The van der Waals surface area contributed by atoms with Crippen molar-refractivity contribution in [3.63, 3.8) is 0 Å². The number of carbonyl (C=O) groups excluding carboxylic acids is 1. The Balaban J connectivity index is 1.79. The van der Waals surface area contributed by atoms with E-state index in [1.807, 2.05) is 12.3 Å². The first kappa shape index (κ1) is 16.9. The van der Waals surface area contributed by atoms with Gasteiger partial charge in [-0.15, -0.1) is 0 Å². The molecule has 3 aromatic rings. The largest absolute Gasteiger partial charge is 0.476 e. The van der Waals surface area contributed by atoms with Crippen LogP contribution in [0.2, 0.25) is 0 Å². The van der Waals surface area contributed by atoms with Crippen LogP contribution >= 0.6 is 15.9 Å². The molecule has 1 amide bonds. The third-order valence-electron chi connectivity index (χ3n) is 3.53. The van der Waals surface area contributed by atoms with Gasteiger partial charge in [0.1, 0.15) is 0 Å². The van der Waals surface area contributed by atoms with Gasteiger partial charge in [0.25, 0.3) is 5.91 Å². The smallest absolute Gasteiger partial charge is 0.356 e. The Morgan fingerprint density at radius 2 is 2.08 bits per heavy atom. The minimum atomic E-state index is -1.16. The van der Waals surface area contributed by atoms with Gasteiger partial charge in [0.2, 0.25) is 0 Å². The second-order valence-electron chi connectivity index (χ2n) is 5.35. The van der Waals surface area contributed by atoms with Crippen molar-refractivity contribution in [2.24, 2.45) is 7.05 Å². The van der Waals surface area contributed by atoms with Crippen molar-refractivity contribution in [2.75, 3.05) is 5.32 Å². The number of aromatic carboxylic acids is 1. The first-order valence-corrected chi connectivity index (χ1v) is 8.07. The Labute approximate surface area is 151 Å². The SMILES string of the molecule is Cn1ncc(NC(=O)c2cccc(Cn3cc(Br)cn3)c2)c1C(=O)O. The third kappa shape index (κ3) is 3.77. The number of anilines is 1. The summed E-state index contributed by atoms with van der Waals surface area (Å²) in [6.07, 6.45) is 4.83. The van der Waals surface area contributed by atoms with Gasteiger partial charge in [-0.3, -0.25) is 14.2 Å². The highest BCUT2D eigenvalue weighted by Gasteiger charge is 2.18. The zero-order valence-corrected chi connectivity index (χ0v) is 14.8. The maximum atomic E-state index is 12.4. The van der Waals surface area contributed by atoms with E-state index >= 15 is 0 Å². The average molecular weight is 404 g/mol. The van der Waals surface area contributed by atoms with Crippen molar-refractivity contribution < 1.29 is 14.7 Å². The number of nitrogens with zero attached hydrogens (tertiary/aromatic N) is 4. The van der Waals surface area contributed by atoms with Gasteiger partial charge in [-0.05, 0) is 33.6 Å². The normalized spacial score (nSPS) is 10.6. The highest BCUT2D eigenvalue weighted by Crippen LogP contribution is 2.16. The van der Waals surface area contributed by atoms with Gasteiger partial charge in [-0.1, -0.05) is 12.1 Å². The molecular weight excluding hydrogens is 390 g/mol. The van der Waals surface area contributed by atoms with Gasteiger partial charge in [0.05, 0.1) is 29.1 Å². The molecule has 2 aromatic heterocycles. The van der Waals surface area contributed by atoms with Gasteiger partial charge in [-0.2, -0.15) is 10.2 Å². The molecule has 25 heavy (non-hydrogen) atoms. The summed E-state index contributed by atoms with van der Waals surface area (Å²) in [4.78, 5) is 23.7. The summed E-state index contributed by atoms with van der Waals surface area (Å²) in [5, 5.41) is 19.8. The quantitative estimate of drug-likeness (QED) is 0.680. The zero-order chi connectivity index (χ0) is 18.0. The maximum absolute atomic E-state index is 12.4. The number of carbonyl (C=O) groups is 2. The van der Waals surface area contributed by atoms with Crippen molar-refractivity contribution in [1.82, 2.24) is 19.6 Å². The Hall–Kier alpha value is -2.94. The first-order chi connectivity index (χ1) is 11.9.